The number of hydrogen-bond donors (Lipinski definition) is 1. The lowest BCUT2D eigenvalue weighted by molar-refractivity contribution is -0.140. The van der Waals surface area contributed by atoms with Crippen LogP contribution in [0.2, 0.25) is 0 Å². The number of ketones is 1. The zero-order valence-corrected chi connectivity index (χ0v) is 16.8. The molecule has 2 aromatic rings. The van der Waals surface area contributed by atoms with Crippen LogP contribution in [0.15, 0.2) is 54.1 Å². The molecular formula is C23H26N2O3. The van der Waals surface area contributed by atoms with Gasteiger partial charge in [-0.05, 0) is 33.5 Å². The quantitative estimate of drug-likeness (QED) is 0.493. The molecule has 1 aliphatic heterocycles. The van der Waals surface area contributed by atoms with Crippen molar-refractivity contribution in [1.29, 1.82) is 0 Å². The van der Waals surface area contributed by atoms with Gasteiger partial charge >= 0.3 is 0 Å². The highest BCUT2D eigenvalue weighted by atomic mass is 16.3. The molecule has 1 amide bonds. The van der Waals surface area contributed by atoms with Gasteiger partial charge in [0.25, 0.3) is 11.7 Å². The van der Waals surface area contributed by atoms with Crippen LogP contribution in [0.5, 0.6) is 0 Å². The Morgan fingerprint density at radius 2 is 1.50 bits per heavy atom. The highest BCUT2D eigenvalue weighted by molar-refractivity contribution is 6.46. The van der Waals surface area contributed by atoms with Crippen molar-refractivity contribution in [3.8, 4) is 0 Å². The molecule has 1 atom stereocenters. The second-order valence-corrected chi connectivity index (χ2v) is 7.57. The summed E-state index contributed by atoms with van der Waals surface area (Å²) in [5.74, 6) is -1.33. The Labute approximate surface area is 165 Å². The molecule has 1 N–H and O–H groups in total. The maximum Gasteiger partial charge on any atom is 0.295 e. The fourth-order valence-corrected chi connectivity index (χ4v) is 3.38. The molecule has 1 saturated heterocycles. The normalized spacial score (nSPS) is 18.9. The fourth-order valence-electron chi connectivity index (χ4n) is 3.38. The Hall–Kier alpha value is -2.92. The van der Waals surface area contributed by atoms with Crippen molar-refractivity contribution in [1.82, 2.24) is 9.80 Å². The summed E-state index contributed by atoms with van der Waals surface area (Å²) in [5.41, 5.74) is 3.65. The summed E-state index contributed by atoms with van der Waals surface area (Å²) in [6.07, 6.45) is 0. The maximum atomic E-state index is 12.9. The van der Waals surface area contributed by atoms with E-state index in [1.54, 1.807) is 17.0 Å². The SMILES string of the molecule is Cc1ccc(/C(O)=C2\C(=O)C(=O)N(CCN(C)C)[C@H]2c2ccc(C)cc2)cc1. The summed E-state index contributed by atoms with van der Waals surface area (Å²) in [5, 5.41) is 11.0. The van der Waals surface area contributed by atoms with Crippen molar-refractivity contribution >= 4 is 17.4 Å². The van der Waals surface area contributed by atoms with E-state index in [0.717, 1.165) is 16.7 Å². The van der Waals surface area contributed by atoms with Crippen LogP contribution in [-0.2, 0) is 9.59 Å². The molecule has 146 valence electrons. The van der Waals surface area contributed by atoms with Crippen molar-refractivity contribution in [2.75, 3.05) is 27.2 Å². The first-order valence-corrected chi connectivity index (χ1v) is 9.36. The third-order valence-corrected chi connectivity index (χ3v) is 5.05. The summed E-state index contributed by atoms with van der Waals surface area (Å²) in [6.45, 7) is 4.97. The molecule has 0 radical (unpaired) electrons. The average molecular weight is 378 g/mol. The van der Waals surface area contributed by atoms with Gasteiger partial charge in [-0.25, -0.2) is 0 Å². The van der Waals surface area contributed by atoms with Crippen LogP contribution < -0.4 is 0 Å². The van der Waals surface area contributed by atoms with E-state index in [9.17, 15) is 14.7 Å². The first-order valence-electron chi connectivity index (χ1n) is 9.36. The smallest absolute Gasteiger partial charge is 0.295 e. The Kier molecular flexibility index (Phi) is 5.66. The predicted molar refractivity (Wildman–Crippen MR) is 110 cm³/mol. The van der Waals surface area contributed by atoms with Gasteiger partial charge in [-0.3, -0.25) is 9.59 Å². The number of likely N-dealkylation sites (tertiary alicyclic amines) is 1. The van der Waals surface area contributed by atoms with Gasteiger partial charge in [-0.2, -0.15) is 0 Å². The lowest BCUT2D eigenvalue weighted by atomic mass is 9.94. The molecule has 1 heterocycles. The van der Waals surface area contributed by atoms with Crippen molar-refractivity contribution < 1.29 is 14.7 Å². The van der Waals surface area contributed by atoms with Gasteiger partial charge in [0.1, 0.15) is 5.76 Å². The Bertz CT molecular complexity index is 912. The summed E-state index contributed by atoms with van der Waals surface area (Å²) in [6, 6.07) is 14.4. The predicted octanol–water partition coefficient (Wildman–Crippen LogP) is 3.29. The monoisotopic (exact) mass is 378 g/mol. The van der Waals surface area contributed by atoms with Gasteiger partial charge in [0, 0.05) is 18.7 Å². The van der Waals surface area contributed by atoms with E-state index in [0.29, 0.717) is 18.7 Å². The number of carbonyl (C=O) groups is 2. The van der Waals surface area contributed by atoms with Crippen LogP contribution in [0.4, 0.5) is 0 Å². The zero-order chi connectivity index (χ0) is 20.4. The van der Waals surface area contributed by atoms with Crippen molar-refractivity contribution in [2.45, 2.75) is 19.9 Å². The number of aliphatic hydroxyl groups is 1. The molecule has 3 rings (SSSR count). The highest BCUT2D eigenvalue weighted by Crippen LogP contribution is 2.39. The molecule has 1 fully saturated rings. The number of carbonyl (C=O) groups excluding carboxylic acids is 2. The van der Waals surface area contributed by atoms with E-state index >= 15 is 0 Å². The van der Waals surface area contributed by atoms with E-state index in [-0.39, 0.29) is 11.3 Å². The van der Waals surface area contributed by atoms with Crippen LogP contribution >= 0.6 is 0 Å². The highest BCUT2D eigenvalue weighted by Gasteiger charge is 2.45. The standard InChI is InChI=1S/C23H26N2O3/c1-15-5-9-17(10-6-15)20-19(21(26)18-11-7-16(2)8-12-18)22(27)23(28)25(20)14-13-24(3)4/h5-12,20,26H,13-14H2,1-4H3/b21-19+/t20-/m0/s1. The molecule has 0 spiro atoms. The number of likely N-dealkylation sites (N-methyl/N-ethyl adjacent to an activating group) is 1. The molecule has 0 unspecified atom stereocenters. The molecule has 0 saturated carbocycles. The van der Waals surface area contributed by atoms with Gasteiger partial charge < -0.3 is 14.9 Å². The molecule has 0 bridgehead atoms. The summed E-state index contributed by atoms with van der Waals surface area (Å²) in [7, 11) is 3.84. The molecule has 0 aliphatic carbocycles. The van der Waals surface area contributed by atoms with Crippen LogP contribution in [0.3, 0.4) is 0 Å². The van der Waals surface area contributed by atoms with Crippen molar-refractivity contribution in [3.63, 3.8) is 0 Å². The third kappa shape index (κ3) is 3.85. The number of Topliss-reactive ketones (excluding diaryl/α,β-unsaturated/α-hetero) is 1. The average Bonchev–Trinajstić information content (AvgIpc) is 2.91. The van der Waals surface area contributed by atoms with Crippen molar-refractivity contribution in [3.05, 3.63) is 76.4 Å². The molecule has 1 aliphatic rings. The number of rotatable bonds is 5. The maximum absolute atomic E-state index is 12.9. The van der Waals surface area contributed by atoms with Gasteiger partial charge in [0.05, 0.1) is 11.6 Å². The van der Waals surface area contributed by atoms with Crippen LogP contribution in [0.1, 0.15) is 28.3 Å². The summed E-state index contributed by atoms with van der Waals surface area (Å²) in [4.78, 5) is 29.2. The van der Waals surface area contributed by atoms with E-state index in [1.165, 1.54) is 0 Å². The number of aliphatic hydroxyl groups excluding tert-OH is 1. The number of nitrogens with zero attached hydrogens (tertiary/aromatic N) is 2. The molecule has 28 heavy (non-hydrogen) atoms. The lowest BCUT2D eigenvalue weighted by Crippen LogP contribution is -2.35. The zero-order valence-electron chi connectivity index (χ0n) is 16.8. The number of hydrogen-bond acceptors (Lipinski definition) is 4. The van der Waals surface area contributed by atoms with E-state index in [2.05, 4.69) is 0 Å². The summed E-state index contributed by atoms with van der Waals surface area (Å²) >= 11 is 0. The molecule has 0 aromatic heterocycles. The largest absolute Gasteiger partial charge is 0.507 e. The van der Waals surface area contributed by atoms with Crippen LogP contribution in [0.25, 0.3) is 5.76 Å². The first kappa shape index (κ1) is 19.8. The topological polar surface area (TPSA) is 60.9 Å². The van der Waals surface area contributed by atoms with Gasteiger partial charge in [-0.15, -0.1) is 0 Å². The van der Waals surface area contributed by atoms with Crippen molar-refractivity contribution in [2.24, 2.45) is 0 Å². The fraction of sp³-hybridized carbons (Fsp3) is 0.304. The van der Waals surface area contributed by atoms with Crippen LogP contribution in [0, 0.1) is 13.8 Å². The first-order chi connectivity index (χ1) is 13.3. The molecular weight excluding hydrogens is 352 g/mol. The minimum absolute atomic E-state index is 0.128. The third-order valence-electron chi connectivity index (χ3n) is 5.05. The Balaban J connectivity index is 2.13. The minimum atomic E-state index is -0.637. The number of aryl methyl sites for hydroxylation is 2. The Morgan fingerprint density at radius 3 is 2.04 bits per heavy atom. The molecule has 5 nitrogen and oxygen atoms in total. The van der Waals surface area contributed by atoms with Gasteiger partial charge in [-0.1, -0.05) is 59.7 Å². The summed E-state index contributed by atoms with van der Waals surface area (Å²) < 4.78 is 0. The second kappa shape index (κ2) is 7.98. The van der Waals surface area contributed by atoms with E-state index in [1.807, 2.05) is 69.2 Å². The van der Waals surface area contributed by atoms with Gasteiger partial charge in [0.15, 0.2) is 0 Å². The molecule has 5 heteroatoms. The van der Waals surface area contributed by atoms with E-state index < -0.39 is 17.7 Å². The minimum Gasteiger partial charge on any atom is -0.507 e. The number of amides is 1. The number of benzene rings is 2. The Morgan fingerprint density at radius 1 is 0.964 bits per heavy atom. The van der Waals surface area contributed by atoms with Gasteiger partial charge in [0.2, 0.25) is 0 Å². The lowest BCUT2D eigenvalue weighted by Gasteiger charge is -2.26. The molecule has 2 aromatic carbocycles. The van der Waals surface area contributed by atoms with E-state index in [4.69, 9.17) is 0 Å². The second-order valence-electron chi connectivity index (χ2n) is 7.57. The van der Waals surface area contributed by atoms with Crippen LogP contribution in [-0.4, -0.2) is 53.8 Å².